The molecule has 4 heteroatoms. The first kappa shape index (κ1) is 9.48. The van der Waals surface area contributed by atoms with Crippen LogP contribution in [-0.4, -0.2) is 36.4 Å². The average Bonchev–Trinajstić information content (AvgIpc) is 2.05. The number of nitrogens with one attached hydrogen (secondary N) is 1. The van der Waals surface area contributed by atoms with Crippen LogP contribution in [0.1, 0.15) is 19.8 Å². The largest absolute Gasteiger partial charge is 0.481 e. The summed E-state index contributed by atoms with van der Waals surface area (Å²) in [4.78, 5) is 10.3. The number of carbonyl (C=O) groups is 1. The summed E-state index contributed by atoms with van der Waals surface area (Å²) in [6.45, 7) is 3.37. The van der Waals surface area contributed by atoms with Gasteiger partial charge in [-0.3, -0.25) is 4.79 Å². The van der Waals surface area contributed by atoms with Crippen molar-refractivity contribution in [2.24, 2.45) is 0 Å². The highest BCUT2D eigenvalue weighted by Crippen LogP contribution is 2.06. The van der Waals surface area contributed by atoms with Crippen LogP contribution in [0.4, 0.5) is 0 Å². The van der Waals surface area contributed by atoms with Crippen LogP contribution in [0.5, 0.6) is 0 Å². The lowest BCUT2D eigenvalue weighted by Crippen LogP contribution is -2.46. The van der Waals surface area contributed by atoms with Gasteiger partial charge in [0.05, 0.1) is 19.1 Å². The highest BCUT2D eigenvalue weighted by molar-refractivity contribution is 5.67. The minimum atomic E-state index is -0.795. The molecule has 0 spiro atoms. The Morgan fingerprint density at radius 2 is 2.50 bits per heavy atom. The number of hydrogen-bond donors (Lipinski definition) is 2. The van der Waals surface area contributed by atoms with E-state index >= 15 is 0 Å². The van der Waals surface area contributed by atoms with Gasteiger partial charge in [0.25, 0.3) is 0 Å². The molecule has 1 aliphatic rings. The van der Waals surface area contributed by atoms with Crippen LogP contribution in [0.3, 0.4) is 0 Å². The van der Waals surface area contributed by atoms with Crippen LogP contribution in [0.2, 0.25) is 0 Å². The molecule has 1 fully saturated rings. The quantitative estimate of drug-likeness (QED) is 0.641. The molecule has 1 aliphatic heterocycles. The van der Waals surface area contributed by atoms with Gasteiger partial charge >= 0.3 is 5.97 Å². The lowest BCUT2D eigenvalue weighted by molar-refractivity contribution is -0.141. The van der Waals surface area contributed by atoms with Crippen molar-refractivity contribution in [3.8, 4) is 0 Å². The third-order valence-electron chi connectivity index (χ3n) is 2.06. The van der Waals surface area contributed by atoms with Gasteiger partial charge in [0, 0.05) is 12.6 Å². The van der Waals surface area contributed by atoms with Gasteiger partial charge in [-0.1, -0.05) is 6.92 Å². The van der Waals surface area contributed by atoms with E-state index in [4.69, 9.17) is 9.84 Å². The van der Waals surface area contributed by atoms with E-state index in [9.17, 15) is 4.79 Å². The predicted molar refractivity (Wildman–Crippen MR) is 44.1 cm³/mol. The molecule has 0 radical (unpaired) electrons. The van der Waals surface area contributed by atoms with Crippen molar-refractivity contribution in [1.29, 1.82) is 0 Å². The summed E-state index contributed by atoms with van der Waals surface area (Å²) in [5.41, 5.74) is 0. The number of carboxylic acid groups (broad SMARTS) is 1. The second-order valence-corrected chi connectivity index (χ2v) is 3.07. The normalized spacial score (nSPS) is 30.1. The van der Waals surface area contributed by atoms with Crippen LogP contribution in [0, 0.1) is 0 Å². The first-order valence-corrected chi connectivity index (χ1v) is 4.29. The highest BCUT2D eigenvalue weighted by Gasteiger charge is 2.21. The molecule has 0 aromatic rings. The molecule has 70 valence electrons. The van der Waals surface area contributed by atoms with Gasteiger partial charge < -0.3 is 15.2 Å². The fraction of sp³-hybridized carbons (Fsp3) is 0.875. The molecule has 1 saturated heterocycles. The van der Waals surface area contributed by atoms with Crippen LogP contribution < -0.4 is 5.32 Å². The molecule has 1 rings (SSSR count). The molecule has 0 saturated carbocycles. The molecular weight excluding hydrogens is 158 g/mol. The van der Waals surface area contributed by atoms with Gasteiger partial charge in [0.15, 0.2) is 0 Å². The van der Waals surface area contributed by atoms with E-state index in [0.29, 0.717) is 19.2 Å². The summed E-state index contributed by atoms with van der Waals surface area (Å²) in [6, 6.07) is 0.398. The number of aliphatic carboxylic acids is 1. The zero-order valence-electron chi connectivity index (χ0n) is 7.25. The van der Waals surface area contributed by atoms with Gasteiger partial charge in [0.1, 0.15) is 0 Å². The summed E-state index contributed by atoms with van der Waals surface area (Å²) in [5.74, 6) is -0.795. The van der Waals surface area contributed by atoms with Crippen molar-refractivity contribution in [3.63, 3.8) is 0 Å². The lowest BCUT2D eigenvalue weighted by Gasteiger charge is -2.28. The van der Waals surface area contributed by atoms with Gasteiger partial charge in [-0.15, -0.1) is 0 Å². The molecule has 4 nitrogen and oxygen atoms in total. The van der Waals surface area contributed by atoms with E-state index in [-0.39, 0.29) is 12.5 Å². The average molecular weight is 173 g/mol. The minimum absolute atomic E-state index is 0.101. The van der Waals surface area contributed by atoms with E-state index < -0.39 is 5.97 Å². The minimum Gasteiger partial charge on any atom is -0.481 e. The first-order chi connectivity index (χ1) is 5.72. The van der Waals surface area contributed by atoms with Crippen LogP contribution in [-0.2, 0) is 9.53 Å². The van der Waals surface area contributed by atoms with E-state index in [1.54, 1.807) is 0 Å². The standard InChI is InChI=1S/C8H15NO3/c1-2-6-5-12-7(4-9-6)3-8(10)11/h6-7,9H,2-5H2,1H3,(H,10,11)/t6-,7-/m1/s1. The monoisotopic (exact) mass is 173 g/mol. The fourth-order valence-electron chi connectivity index (χ4n) is 1.26. The third-order valence-corrected chi connectivity index (χ3v) is 2.06. The van der Waals surface area contributed by atoms with Gasteiger partial charge in [-0.05, 0) is 6.42 Å². The Hall–Kier alpha value is -0.610. The molecule has 2 atom stereocenters. The summed E-state index contributed by atoms with van der Waals surface area (Å²) in [6.07, 6.45) is 0.980. The molecule has 1 heterocycles. The van der Waals surface area contributed by atoms with Crippen molar-refractivity contribution in [2.45, 2.75) is 31.9 Å². The number of carboxylic acids is 1. The van der Waals surface area contributed by atoms with Gasteiger partial charge in [-0.25, -0.2) is 0 Å². The second-order valence-electron chi connectivity index (χ2n) is 3.07. The fourth-order valence-corrected chi connectivity index (χ4v) is 1.26. The summed E-state index contributed by atoms with van der Waals surface area (Å²) >= 11 is 0. The molecule has 0 aromatic heterocycles. The summed E-state index contributed by atoms with van der Waals surface area (Å²) < 4.78 is 5.35. The van der Waals surface area contributed by atoms with Crippen molar-refractivity contribution in [3.05, 3.63) is 0 Å². The Morgan fingerprint density at radius 3 is 2.92 bits per heavy atom. The molecule has 0 aliphatic carbocycles. The zero-order valence-corrected chi connectivity index (χ0v) is 7.25. The second kappa shape index (κ2) is 4.42. The van der Waals surface area contributed by atoms with Crippen LogP contribution in [0.15, 0.2) is 0 Å². The zero-order chi connectivity index (χ0) is 8.97. The molecular formula is C8H15NO3. The molecule has 0 aromatic carbocycles. The number of hydrogen-bond acceptors (Lipinski definition) is 3. The van der Waals surface area contributed by atoms with Crippen molar-refractivity contribution < 1.29 is 14.6 Å². The number of rotatable bonds is 3. The Morgan fingerprint density at radius 1 is 1.75 bits per heavy atom. The van der Waals surface area contributed by atoms with Crippen molar-refractivity contribution in [1.82, 2.24) is 5.32 Å². The van der Waals surface area contributed by atoms with Gasteiger partial charge in [0.2, 0.25) is 0 Å². The maximum Gasteiger partial charge on any atom is 0.306 e. The number of ether oxygens (including phenoxy) is 1. The summed E-state index contributed by atoms with van der Waals surface area (Å²) in [7, 11) is 0. The molecule has 0 bridgehead atoms. The predicted octanol–water partition coefficient (Wildman–Crippen LogP) is 0.228. The molecule has 0 amide bonds. The van der Waals surface area contributed by atoms with Gasteiger partial charge in [-0.2, -0.15) is 0 Å². The van der Waals surface area contributed by atoms with Crippen LogP contribution >= 0.6 is 0 Å². The third kappa shape index (κ3) is 2.79. The smallest absolute Gasteiger partial charge is 0.306 e. The SMILES string of the molecule is CC[C@@H]1CO[C@H](CC(=O)O)CN1. The van der Waals surface area contributed by atoms with E-state index in [1.165, 1.54) is 0 Å². The van der Waals surface area contributed by atoms with Crippen molar-refractivity contribution >= 4 is 5.97 Å². The van der Waals surface area contributed by atoms with E-state index in [2.05, 4.69) is 12.2 Å². The topological polar surface area (TPSA) is 58.6 Å². The Bertz CT molecular complexity index is 152. The number of morpholine rings is 1. The Labute approximate surface area is 71.9 Å². The lowest BCUT2D eigenvalue weighted by atomic mass is 10.1. The maximum atomic E-state index is 10.3. The van der Waals surface area contributed by atoms with E-state index in [0.717, 1.165) is 6.42 Å². The van der Waals surface area contributed by atoms with Crippen LogP contribution in [0.25, 0.3) is 0 Å². The molecule has 2 N–H and O–H groups in total. The summed E-state index contributed by atoms with van der Waals surface area (Å²) in [5, 5.41) is 11.7. The van der Waals surface area contributed by atoms with Crippen molar-refractivity contribution in [2.75, 3.05) is 13.2 Å². The molecule has 0 unspecified atom stereocenters. The maximum absolute atomic E-state index is 10.3. The highest BCUT2D eigenvalue weighted by atomic mass is 16.5. The molecule has 12 heavy (non-hydrogen) atoms. The first-order valence-electron chi connectivity index (χ1n) is 4.29. The Kier molecular flexibility index (Phi) is 3.49. The Balaban J connectivity index is 2.21. The van der Waals surface area contributed by atoms with E-state index in [1.807, 2.05) is 0 Å².